The Labute approximate surface area is 126 Å². The van der Waals surface area contributed by atoms with Gasteiger partial charge in [-0.2, -0.15) is 0 Å². The SMILES string of the molecule is CCOc1ccccc1-c1nnc(NC(=O)c2cc[nH]c2)o1. The largest absolute Gasteiger partial charge is 0.493 e. The maximum absolute atomic E-state index is 11.9. The van der Waals surface area contributed by atoms with Gasteiger partial charge in [0.25, 0.3) is 11.8 Å². The van der Waals surface area contributed by atoms with Crippen molar-refractivity contribution in [2.75, 3.05) is 11.9 Å². The molecule has 1 amide bonds. The van der Waals surface area contributed by atoms with E-state index in [-0.39, 0.29) is 17.8 Å². The highest BCUT2D eigenvalue weighted by molar-refractivity contribution is 6.02. The number of rotatable bonds is 5. The maximum atomic E-state index is 11.9. The van der Waals surface area contributed by atoms with E-state index in [2.05, 4.69) is 20.5 Å². The summed E-state index contributed by atoms with van der Waals surface area (Å²) in [7, 11) is 0. The van der Waals surface area contributed by atoms with Gasteiger partial charge in [-0.25, -0.2) is 0 Å². The molecule has 1 aromatic carbocycles. The molecule has 22 heavy (non-hydrogen) atoms. The van der Waals surface area contributed by atoms with E-state index in [4.69, 9.17) is 9.15 Å². The summed E-state index contributed by atoms with van der Waals surface area (Å²) in [6.45, 7) is 2.43. The van der Waals surface area contributed by atoms with Crippen molar-refractivity contribution in [3.05, 3.63) is 48.3 Å². The third kappa shape index (κ3) is 2.83. The van der Waals surface area contributed by atoms with Gasteiger partial charge in [-0.15, -0.1) is 5.10 Å². The second-order valence-corrected chi connectivity index (χ2v) is 4.40. The number of carbonyl (C=O) groups is 1. The highest BCUT2D eigenvalue weighted by atomic mass is 16.5. The molecule has 0 saturated carbocycles. The molecule has 0 spiro atoms. The number of benzene rings is 1. The van der Waals surface area contributed by atoms with Crippen LogP contribution >= 0.6 is 0 Å². The first-order valence-electron chi connectivity index (χ1n) is 6.77. The van der Waals surface area contributed by atoms with Gasteiger partial charge in [-0.05, 0) is 25.1 Å². The van der Waals surface area contributed by atoms with Crippen LogP contribution in [0.1, 0.15) is 17.3 Å². The smallest absolute Gasteiger partial charge is 0.322 e. The standard InChI is InChI=1S/C15H14N4O3/c1-2-21-12-6-4-3-5-11(12)14-18-19-15(22-14)17-13(20)10-7-8-16-9-10/h3-9,16H,2H2,1H3,(H,17,19,20). The number of aromatic amines is 1. The first kappa shape index (κ1) is 13.9. The summed E-state index contributed by atoms with van der Waals surface area (Å²) >= 11 is 0. The van der Waals surface area contributed by atoms with Crippen LogP contribution in [0.15, 0.2) is 47.1 Å². The topological polar surface area (TPSA) is 93.0 Å². The summed E-state index contributed by atoms with van der Waals surface area (Å²) in [6, 6.07) is 9.03. The van der Waals surface area contributed by atoms with Crippen LogP contribution in [-0.2, 0) is 0 Å². The molecule has 3 aromatic rings. The number of amides is 1. The Morgan fingerprint density at radius 1 is 1.32 bits per heavy atom. The Hall–Kier alpha value is -3.09. The second-order valence-electron chi connectivity index (χ2n) is 4.40. The van der Waals surface area contributed by atoms with Crippen molar-refractivity contribution >= 4 is 11.9 Å². The van der Waals surface area contributed by atoms with Crippen molar-refractivity contribution in [1.82, 2.24) is 15.2 Å². The molecule has 0 aliphatic carbocycles. The van der Waals surface area contributed by atoms with Gasteiger partial charge in [-0.1, -0.05) is 17.2 Å². The van der Waals surface area contributed by atoms with Crippen molar-refractivity contribution < 1.29 is 13.9 Å². The van der Waals surface area contributed by atoms with Crippen LogP contribution in [0.5, 0.6) is 5.75 Å². The van der Waals surface area contributed by atoms with Crippen LogP contribution in [-0.4, -0.2) is 27.7 Å². The van der Waals surface area contributed by atoms with E-state index in [0.717, 1.165) is 0 Å². The number of ether oxygens (including phenoxy) is 1. The number of hydrogen-bond donors (Lipinski definition) is 2. The van der Waals surface area contributed by atoms with Crippen LogP contribution in [0.2, 0.25) is 0 Å². The third-order valence-electron chi connectivity index (χ3n) is 2.92. The van der Waals surface area contributed by atoms with Crippen LogP contribution < -0.4 is 10.1 Å². The molecule has 0 unspecified atom stereocenters. The highest BCUT2D eigenvalue weighted by Gasteiger charge is 2.15. The van der Waals surface area contributed by atoms with Gasteiger partial charge in [-0.3, -0.25) is 10.1 Å². The molecule has 0 aliphatic rings. The van der Waals surface area contributed by atoms with Crippen LogP contribution in [0, 0.1) is 0 Å². The lowest BCUT2D eigenvalue weighted by Gasteiger charge is -2.06. The minimum atomic E-state index is -0.324. The minimum absolute atomic E-state index is 0.0347. The Morgan fingerprint density at radius 3 is 2.95 bits per heavy atom. The molecule has 2 aromatic heterocycles. The molecule has 0 atom stereocenters. The molecule has 7 nitrogen and oxygen atoms in total. The molecular formula is C15H14N4O3. The summed E-state index contributed by atoms with van der Waals surface area (Å²) in [5, 5.41) is 10.3. The average molecular weight is 298 g/mol. The quantitative estimate of drug-likeness (QED) is 0.755. The Kier molecular flexibility index (Phi) is 3.86. The molecule has 0 fully saturated rings. The molecule has 0 radical (unpaired) electrons. The monoisotopic (exact) mass is 298 g/mol. The summed E-state index contributed by atoms with van der Waals surface area (Å²) in [6.07, 6.45) is 3.24. The van der Waals surface area contributed by atoms with Crippen molar-refractivity contribution in [2.45, 2.75) is 6.92 Å². The van der Waals surface area contributed by atoms with E-state index in [1.165, 1.54) is 0 Å². The number of hydrogen-bond acceptors (Lipinski definition) is 5. The lowest BCUT2D eigenvalue weighted by molar-refractivity contribution is 0.102. The van der Waals surface area contributed by atoms with E-state index in [9.17, 15) is 4.79 Å². The fourth-order valence-corrected chi connectivity index (χ4v) is 1.94. The first-order chi connectivity index (χ1) is 10.8. The van der Waals surface area contributed by atoms with Crippen molar-refractivity contribution in [2.24, 2.45) is 0 Å². The number of nitrogens with zero attached hydrogens (tertiary/aromatic N) is 2. The Balaban J connectivity index is 1.81. The molecule has 2 N–H and O–H groups in total. The van der Waals surface area contributed by atoms with Crippen molar-refractivity contribution in [3.63, 3.8) is 0 Å². The zero-order valence-corrected chi connectivity index (χ0v) is 11.9. The fraction of sp³-hybridized carbons (Fsp3) is 0.133. The third-order valence-corrected chi connectivity index (χ3v) is 2.92. The number of carbonyl (C=O) groups excluding carboxylic acids is 1. The lowest BCUT2D eigenvalue weighted by Crippen LogP contribution is -2.11. The Morgan fingerprint density at radius 2 is 2.18 bits per heavy atom. The zero-order chi connectivity index (χ0) is 15.4. The molecular weight excluding hydrogens is 284 g/mol. The summed E-state index contributed by atoms with van der Waals surface area (Å²) in [5.41, 5.74) is 1.16. The first-order valence-corrected chi connectivity index (χ1v) is 6.77. The molecule has 2 heterocycles. The number of anilines is 1. The van der Waals surface area contributed by atoms with E-state index >= 15 is 0 Å². The van der Waals surface area contributed by atoms with Crippen LogP contribution in [0.3, 0.4) is 0 Å². The van der Waals surface area contributed by atoms with E-state index in [0.29, 0.717) is 23.5 Å². The number of H-pyrrole nitrogens is 1. The number of nitrogens with one attached hydrogen (secondary N) is 2. The molecule has 0 saturated heterocycles. The lowest BCUT2D eigenvalue weighted by atomic mass is 10.2. The van der Waals surface area contributed by atoms with E-state index in [1.54, 1.807) is 18.5 Å². The average Bonchev–Trinajstić information content (AvgIpc) is 3.19. The summed E-state index contributed by atoms with van der Waals surface area (Å²) in [5.74, 6) is 0.611. The van der Waals surface area contributed by atoms with E-state index in [1.807, 2.05) is 31.2 Å². The second kappa shape index (κ2) is 6.13. The predicted octanol–water partition coefficient (Wildman–Crippen LogP) is 2.72. The van der Waals surface area contributed by atoms with Crippen LogP contribution in [0.4, 0.5) is 6.01 Å². The summed E-state index contributed by atoms with van der Waals surface area (Å²) in [4.78, 5) is 14.7. The van der Waals surface area contributed by atoms with Gasteiger partial charge < -0.3 is 14.1 Å². The van der Waals surface area contributed by atoms with Gasteiger partial charge in [0.2, 0.25) is 0 Å². The molecule has 0 bridgehead atoms. The van der Waals surface area contributed by atoms with Gasteiger partial charge in [0.15, 0.2) is 0 Å². The van der Waals surface area contributed by atoms with Crippen molar-refractivity contribution in [1.29, 1.82) is 0 Å². The van der Waals surface area contributed by atoms with Gasteiger partial charge in [0.1, 0.15) is 5.75 Å². The minimum Gasteiger partial charge on any atom is -0.493 e. The van der Waals surface area contributed by atoms with Gasteiger partial charge >= 0.3 is 6.01 Å². The van der Waals surface area contributed by atoms with E-state index < -0.39 is 0 Å². The molecule has 0 aliphatic heterocycles. The van der Waals surface area contributed by atoms with Gasteiger partial charge in [0, 0.05) is 12.4 Å². The maximum Gasteiger partial charge on any atom is 0.322 e. The summed E-state index contributed by atoms with van der Waals surface area (Å²) < 4.78 is 11.0. The Bertz CT molecular complexity index is 765. The van der Waals surface area contributed by atoms with Crippen molar-refractivity contribution in [3.8, 4) is 17.2 Å². The molecule has 3 rings (SSSR count). The number of para-hydroxylation sites is 1. The predicted molar refractivity (Wildman–Crippen MR) is 79.6 cm³/mol. The zero-order valence-electron chi connectivity index (χ0n) is 11.9. The fourth-order valence-electron chi connectivity index (χ4n) is 1.94. The normalized spacial score (nSPS) is 10.4. The molecule has 112 valence electrons. The number of aromatic nitrogens is 3. The molecule has 7 heteroatoms. The van der Waals surface area contributed by atoms with Gasteiger partial charge in [0.05, 0.1) is 17.7 Å². The van der Waals surface area contributed by atoms with Crippen LogP contribution in [0.25, 0.3) is 11.5 Å². The highest BCUT2D eigenvalue weighted by Crippen LogP contribution is 2.29.